The highest BCUT2D eigenvalue weighted by Crippen LogP contribution is 2.09. The van der Waals surface area contributed by atoms with Crippen LogP contribution in [-0.4, -0.2) is 24.4 Å². The second kappa shape index (κ2) is 7.61. The van der Waals surface area contributed by atoms with Gasteiger partial charge >= 0.3 is 0 Å². The lowest BCUT2D eigenvalue weighted by Gasteiger charge is -2.14. The van der Waals surface area contributed by atoms with Crippen LogP contribution >= 0.6 is 0 Å². The van der Waals surface area contributed by atoms with Gasteiger partial charge in [0.15, 0.2) is 0 Å². The van der Waals surface area contributed by atoms with Crippen molar-refractivity contribution >= 4 is 11.6 Å². The molecule has 0 saturated heterocycles. The maximum Gasteiger partial charge on any atom is 0.251 e. The van der Waals surface area contributed by atoms with Gasteiger partial charge in [0.2, 0.25) is 0 Å². The summed E-state index contributed by atoms with van der Waals surface area (Å²) in [6.07, 6.45) is 0. The summed E-state index contributed by atoms with van der Waals surface area (Å²) in [5.41, 5.74) is 9.22. The fourth-order valence-corrected chi connectivity index (χ4v) is 2.23. The molecule has 0 aliphatic carbocycles. The molecule has 0 aromatic heterocycles. The van der Waals surface area contributed by atoms with Crippen LogP contribution in [-0.2, 0) is 13.1 Å². The Bertz CT molecular complexity index is 640. The third-order valence-corrected chi connectivity index (χ3v) is 3.59. The van der Waals surface area contributed by atoms with Crippen LogP contribution < -0.4 is 11.1 Å². The first-order valence-corrected chi connectivity index (χ1v) is 7.48. The molecule has 0 aliphatic heterocycles. The fourth-order valence-electron chi connectivity index (χ4n) is 2.23. The summed E-state index contributed by atoms with van der Waals surface area (Å²) in [6.45, 7) is 4.57. The molecule has 0 fully saturated rings. The predicted octanol–water partition coefficient (Wildman–Crippen LogP) is 2.65. The number of nitrogens with two attached hydrogens (primary N) is 1. The van der Waals surface area contributed by atoms with Gasteiger partial charge in [0.1, 0.15) is 0 Å². The number of benzene rings is 2. The Morgan fingerprint density at radius 2 is 1.86 bits per heavy atom. The molecular formula is C18H23N3O. The number of hydrogen-bond donors (Lipinski definition) is 2. The molecule has 0 saturated carbocycles. The lowest BCUT2D eigenvalue weighted by molar-refractivity contribution is 0.0951. The monoisotopic (exact) mass is 297 g/mol. The lowest BCUT2D eigenvalue weighted by atomic mass is 10.1. The molecule has 22 heavy (non-hydrogen) atoms. The second-order valence-corrected chi connectivity index (χ2v) is 5.46. The number of carbonyl (C=O) groups excluding carboxylic acids is 1. The smallest absolute Gasteiger partial charge is 0.251 e. The summed E-state index contributed by atoms with van der Waals surface area (Å²) in [6, 6.07) is 15.3. The summed E-state index contributed by atoms with van der Waals surface area (Å²) in [7, 11) is 2.09. The largest absolute Gasteiger partial charge is 0.399 e. The standard InChI is InChI=1S/C18H23N3O/c1-3-21(2)13-15-7-4-6-14(10-15)12-20-18(22)16-8-5-9-17(19)11-16/h4-11H,3,12-13,19H2,1-2H3,(H,20,22). The van der Waals surface area contributed by atoms with Gasteiger partial charge in [-0.25, -0.2) is 0 Å². The Morgan fingerprint density at radius 1 is 1.14 bits per heavy atom. The first-order valence-electron chi connectivity index (χ1n) is 7.48. The normalized spacial score (nSPS) is 10.7. The van der Waals surface area contributed by atoms with Crippen molar-refractivity contribution < 1.29 is 4.79 Å². The molecule has 1 amide bonds. The minimum Gasteiger partial charge on any atom is -0.399 e. The molecule has 2 rings (SSSR count). The van der Waals surface area contributed by atoms with Crippen molar-refractivity contribution in [1.82, 2.24) is 10.2 Å². The number of nitrogen functional groups attached to an aromatic ring is 1. The zero-order valence-electron chi connectivity index (χ0n) is 13.2. The third kappa shape index (κ3) is 4.60. The van der Waals surface area contributed by atoms with E-state index in [2.05, 4.69) is 36.3 Å². The van der Waals surface area contributed by atoms with Crippen LogP contribution in [0.5, 0.6) is 0 Å². The average molecular weight is 297 g/mol. The Kier molecular flexibility index (Phi) is 5.55. The average Bonchev–Trinajstić information content (AvgIpc) is 2.53. The Balaban J connectivity index is 1.96. The molecule has 0 unspecified atom stereocenters. The van der Waals surface area contributed by atoms with E-state index in [0.29, 0.717) is 17.8 Å². The summed E-state index contributed by atoms with van der Waals surface area (Å²) in [4.78, 5) is 14.3. The van der Waals surface area contributed by atoms with Crippen molar-refractivity contribution in [2.45, 2.75) is 20.0 Å². The molecule has 116 valence electrons. The molecule has 3 N–H and O–H groups in total. The van der Waals surface area contributed by atoms with E-state index in [0.717, 1.165) is 18.7 Å². The minimum absolute atomic E-state index is 0.108. The van der Waals surface area contributed by atoms with E-state index in [4.69, 9.17) is 5.73 Å². The van der Waals surface area contributed by atoms with Crippen LogP contribution in [0.1, 0.15) is 28.4 Å². The molecule has 0 bridgehead atoms. The highest BCUT2D eigenvalue weighted by atomic mass is 16.1. The zero-order chi connectivity index (χ0) is 15.9. The maximum absolute atomic E-state index is 12.1. The van der Waals surface area contributed by atoms with E-state index >= 15 is 0 Å². The van der Waals surface area contributed by atoms with Gasteiger partial charge in [-0.1, -0.05) is 37.3 Å². The molecule has 2 aromatic rings. The number of carbonyl (C=O) groups is 1. The van der Waals surface area contributed by atoms with Crippen molar-refractivity contribution in [1.29, 1.82) is 0 Å². The zero-order valence-corrected chi connectivity index (χ0v) is 13.2. The van der Waals surface area contributed by atoms with Gasteiger partial charge < -0.3 is 16.0 Å². The van der Waals surface area contributed by atoms with Gasteiger partial charge in [-0.2, -0.15) is 0 Å². The first kappa shape index (κ1) is 16.0. The van der Waals surface area contributed by atoms with E-state index in [-0.39, 0.29) is 5.91 Å². The first-order chi connectivity index (χ1) is 10.6. The van der Waals surface area contributed by atoms with Gasteiger partial charge in [-0.15, -0.1) is 0 Å². The van der Waals surface area contributed by atoms with Crippen LogP contribution in [0.25, 0.3) is 0 Å². The molecule has 4 nitrogen and oxygen atoms in total. The molecular weight excluding hydrogens is 274 g/mol. The summed E-state index contributed by atoms with van der Waals surface area (Å²) in [5, 5.41) is 2.93. The Labute approximate surface area is 131 Å². The van der Waals surface area contributed by atoms with Gasteiger partial charge in [-0.3, -0.25) is 4.79 Å². The summed E-state index contributed by atoms with van der Waals surface area (Å²) >= 11 is 0. The number of nitrogens with one attached hydrogen (secondary N) is 1. The molecule has 0 heterocycles. The van der Waals surface area contributed by atoms with Gasteiger partial charge in [0.05, 0.1) is 0 Å². The number of nitrogens with zero attached hydrogens (tertiary/aromatic N) is 1. The Morgan fingerprint density at radius 3 is 2.59 bits per heavy atom. The molecule has 0 spiro atoms. The maximum atomic E-state index is 12.1. The van der Waals surface area contributed by atoms with Gasteiger partial charge in [-0.05, 0) is 42.9 Å². The van der Waals surface area contributed by atoms with Crippen molar-refractivity contribution in [3.8, 4) is 0 Å². The predicted molar refractivity (Wildman–Crippen MR) is 90.5 cm³/mol. The third-order valence-electron chi connectivity index (χ3n) is 3.59. The number of rotatable bonds is 6. The number of amides is 1. The quantitative estimate of drug-likeness (QED) is 0.806. The molecule has 0 atom stereocenters. The molecule has 4 heteroatoms. The van der Waals surface area contributed by atoms with E-state index in [1.54, 1.807) is 24.3 Å². The van der Waals surface area contributed by atoms with Crippen molar-refractivity contribution in [2.75, 3.05) is 19.3 Å². The van der Waals surface area contributed by atoms with Crippen LogP contribution in [0.4, 0.5) is 5.69 Å². The van der Waals surface area contributed by atoms with Crippen LogP contribution in [0.3, 0.4) is 0 Å². The molecule has 0 radical (unpaired) electrons. The SMILES string of the molecule is CCN(C)Cc1cccc(CNC(=O)c2cccc(N)c2)c1. The van der Waals surface area contributed by atoms with Crippen LogP contribution in [0.2, 0.25) is 0 Å². The summed E-state index contributed by atoms with van der Waals surface area (Å²) in [5.74, 6) is -0.108. The number of anilines is 1. The van der Waals surface area contributed by atoms with Crippen molar-refractivity contribution in [3.05, 3.63) is 65.2 Å². The van der Waals surface area contributed by atoms with E-state index in [9.17, 15) is 4.79 Å². The highest BCUT2D eigenvalue weighted by Gasteiger charge is 2.06. The molecule has 0 aliphatic rings. The second-order valence-electron chi connectivity index (χ2n) is 5.46. The van der Waals surface area contributed by atoms with Crippen LogP contribution in [0, 0.1) is 0 Å². The lowest BCUT2D eigenvalue weighted by Crippen LogP contribution is -2.23. The highest BCUT2D eigenvalue weighted by molar-refractivity contribution is 5.94. The minimum atomic E-state index is -0.108. The van der Waals surface area contributed by atoms with E-state index in [1.165, 1.54) is 5.56 Å². The van der Waals surface area contributed by atoms with Crippen molar-refractivity contribution in [2.24, 2.45) is 0 Å². The van der Waals surface area contributed by atoms with Crippen LogP contribution in [0.15, 0.2) is 48.5 Å². The van der Waals surface area contributed by atoms with Gasteiger partial charge in [0, 0.05) is 24.3 Å². The van der Waals surface area contributed by atoms with E-state index < -0.39 is 0 Å². The topological polar surface area (TPSA) is 58.4 Å². The van der Waals surface area contributed by atoms with Crippen molar-refractivity contribution in [3.63, 3.8) is 0 Å². The summed E-state index contributed by atoms with van der Waals surface area (Å²) < 4.78 is 0. The van der Waals surface area contributed by atoms with Gasteiger partial charge in [0.25, 0.3) is 5.91 Å². The van der Waals surface area contributed by atoms with E-state index in [1.807, 2.05) is 12.1 Å². The number of hydrogen-bond acceptors (Lipinski definition) is 3. The molecule has 2 aromatic carbocycles. The fraction of sp³-hybridized carbons (Fsp3) is 0.278. The Hall–Kier alpha value is -2.33.